The average Bonchev–Trinajstić information content (AvgIpc) is 2.74. The van der Waals surface area contributed by atoms with Gasteiger partial charge in [-0.05, 0) is 24.3 Å². The number of halogens is 1. The summed E-state index contributed by atoms with van der Waals surface area (Å²) < 4.78 is 5.18. The second kappa shape index (κ2) is 11.5. The molecular formula is C21H28IN5O2. The smallest absolute Gasteiger partial charge is 0.224 e. The number of hydrogen-bond donors (Lipinski definition) is 2. The van der Waals surface area contributed by atoms with Crippen LogP contribution in [0.25, 0.3) is 0 Å². The highest BCUT2D eigenvalue weighted by molar-refractivity contribution is 14.0. The van der Waals surface area contributed by atoms with Gasteiger partial charge in [0.1, 0.15) is 5.75 Å². The number of nitrogens with two attached hydrogens (primary N) is 1. The van der Waals surface area contributed by atoms with Gasteiger partial charge in [-0.3, -0.25) is 9.79 Å². The van der Waals surface area contributed by atoms with Gasteiger partial charge in [0.05, 0.1) is 13.7 Å². The predicted octanol–water partition coefficient (Wildman–Crippen LogP) is 2.78. The van der Waals surface area contributed by atoms with E-state index >= 15 is 0 Å². The van der Waals surface area contributed by atoms with Crippen LogP contribution in [0.2, 0.25) is 0 Å². The lowest BCUT2D eigenvalue weighted by molar-refractivity contribution is -0.131. The van der Waals surface area contributed by atoms with Crippen LogP contribution in [-0.4, -0.2) is 56.6 Å². The minimum Gasteiger partial charge on any atom is -0.497 e. The maximum absolute atomic E-state index is 12.4. The Morgan fingerprint density at radius 3 is 2.52 bits per heavy atom. The van der Waals surface area contributed by atoms with Crippen LogP contribution in [-0.2, 0) is 4.79 Å². The number of amides is 1. The van der Waals surface area contributed by atoms with Crippen molar-refractivity contribution in [1.82, 2.24) is 4.90 Å². The van der Waals surface area contributed by atoms with Gasteiger partial charge in [0, 0.05) is 50.0 Å². The Balaban J connectivity index is 0.00000300. The fourth-order valence-corrected chi connectivity index (χ4v) is 3.17. The van der Waals surface area contributed by atoms with Gasteiger partial charge in [0.25, 0.3) is 0 Å². The number of anilines is 2. The minimum atomic E-state index is 0. The van der Waals surface area contributed by atoms with E-state index in [2.05, 4.69) is 27.3 Å². The number of hydrogen-bond acceptors (Lipinski definition) is 4. The SMILES string of the molecule is COc1cccc(NC(N)=NCCC(=O)N2CCN(c3ccccc3)CC2)c1.I. The first-order valence-electron chi connectivity index (χ1n) is 9.44. The van der Waals surface area contributed by atoms with E-state index in [9.17, 15) is 4.79 Å². The Labute approximate surface area is 188 Å². The van der Waals surface area contributed by atoms with Crippen molar-refractivity contribution in [2.75, 3.05) is 50.1 Å². The van der Waals surface area contributed by atoms with Crippen LogP contribution >= 0.6 is 24.0 Å². The number of carbonyl (C=O) groups is 1. The Morgan fingerprint density at radius 2 is 1.83 bits per heavy atom. The first kappa shape index (κ1) is 22.8. The second-order valence-electron chi connectivity index (χ2n) is 6.58. The molecule has 2 aromatic rings. The van der Waals surface area contributed by atoms with Crippen LogP contribution in [0.4, 0.5) is 11.4 Å². The van der Waals surface area contributed by atoms with Gasteiger partial charge in [-0.15, -0.1) is 24.0 Å². The van der Waals surface area contributed by atoms with E-state index in [1.54, 1.807) is 7.11 Å². The van der Waals surface area contributed by atoms with Crippen molar-refractivity contribution in [3.05, 3.63) is 54.6 Å². The molecule has 0 radical (unpaired) electrons. The molecule has 1 aliphatic heterocycles. The van der Waals surface area contributed by atoms with Crippen LogP contribution in [0.1, 0.15) is 6.42 Å². The molecule has 0 bridgehead atoms. The summed E-state index contributed by atoms with van der Waals surface area (Å²) in [5.41, 5.74) is 7.91. The molecule has 3 rings (SSSR count). The summed E-state index contributed by atoms with van der Waals surface area (Å²) in [5, 5.41) is 3.01. The summed E-state index contributed by atoms with van der Waals surface area (Å²) in [7, 11) is 1.61. The number of nitrogens with zero attached hydrogens (tertiary/aromatic N) is 3. The molecular weight excluding hydrogens is 481 g/mol. The van der Waals surface area contributed by atoms with E-state index in [1.807, 2.05) is 47.4 Å². The standard InChI is InChI=1S/C21H27N5O2.HI/c1-28-19-9-5-6-17(16-19)24-21(22)23-11-10-20(27)26-14-12-25(13-15-26)18-7-3-2-4-8-18;/h2-9,16H,10-15H2,1H3,(H3,22,23,24);1H. The van der Waals surface area contributed by atoms with Crippen LogP contribution in [0.15, 0.2) is 59.6 Å². The van der Waals surface area contributed by atoms with Crippen LogP contribution in [0.3, 0.4) is 0 Å². The molecule has 29 heavy (non-hydrogen) atoms. The molecule has 0 aliphatic carbocycles. The third kappa shape index (κ3) is 6.81. The molecule has 156 valence electrons. The Hall–Kier alpha value is -2.49. The monoisotopic (exact) mass is 509 g/mol. The quantitative estimate of drug-likeness (QED) is 0.356. The zero-order valence-corrected chi connectivity index (χ0v) is 18.9. The summed E-state index contributed by atoms with van der Waals surface area (Å²) in [6.07, 6.45) is 0.353. The number of methoxy groups -OCH3 is 1. The van der Waals surface area contributed by atoms with Crippen molar-refractivity contribution in [2.45, 2.75) is 6.42 Å². The number of piperazine rings is 1. The van der Waals surface area contributed by atoms with Gasteiger partial charge < -0.3 is 25.6 Å². The third-order valence-electron chi connectivity index (χ3n) is 4.70. The maximum atomic E-state index is 12.4. The number of guanidine groups is 1. The normalized spacial score (nSPS) is 14.2. The largest absolute Gasteiger partial charge is 0.497 e. The molecule has 1 fully saturated rings. The molecule has 1 aliphatic rings. The van der Waals surface area contributed by atoms with Gasteiger partial charge in [-0.1, -0.05) is 24.3 Å². The Morgan fingerprint density at radius 1 is 1.10 bits per heavy atom. The number of aliphatic imine (C=N–C) groups is 1. The van der Waals surface area contributed by atoms with E-state index < -0.39 is 0 Å². The highest BCUT2D eigenvalue weighted by Gasteiger charge is 2.20. The summed E-state index contributed by atoms with van der Waals surface area (Å²) in [4.78, 5) is 20.9. The first-order chi connectivity index (χ1) is 13.7. The highest BCUT2D eigenvalue weighted by Crippen LogP contribution is 2.17. The number of ether oxygens (including phenoxy) is 1. The van der Waals surface area contributed by atoms with Crippen molar-refractivity contribution in [1.29, 1.82) is 0 Å². The van der Waals surface area contributed by atoms with Gasteiger partial charge in [-0.25, -0.2) is 0 Å². The highest BCUT2D eigenvalue weighted by atomic mass is 127. The average molecular weight is 509 g/mol. The molecule has 2 aromatic carbocycles. The van der Waals surface area contributed by atoms with E-state index in [0.717, 1.165) is 37.6 Å². The molecule has 7 nitrogen and oxygen atoms in total. The number of benzene rings is 2. The molecule has 0 spiro atoms. The molecule has 1 heterocycles. The lowest BCUT2D eigenvalue weighted by Gasteiger charge is -2.36. The lowest BCUT2D eigenvalue weighted by Crippen LogP contribution is -2.48. The van der Waals surface area contributed by atoms with Gasteiger partial charge in [-0.2, -0.15) is 0 Å². The molecule has 3 N–H and O–H groups in total. The number of para-hydroxylation sites is 1. The fourth-order valence-electron chi connectivity index (χ4n) is 3.17. The van der Waals surface area contributed by atoms with Crippen molar-refractivity contribution < 1.29 is 9.53 Å². The van der Waals surface area contributed by atoms with Crippen molar-refractivity contribution in [3.63, 3.8) is 0 Å². The Bertz CT molecular complexity index is 808. The predicted molar refractivity (Wildman–Crippen MR) is 128 cm³/mol. The van der Waals surface area contributed by atoms with Crippen LogP contribution in [0.5, 0.6) is 5.75 Å². The fraction of sp³-hybridized carbons (Fsp3) is 0.333. The molecule has 1 saturated heterocycles. The molecule has 0 aromatic heterocycles. The second-order valence-corrected chi connectivity index (χ2v) is 6.58. The topological polar surface area (TPSA) is 83.2 Å². The lowest BCUT2D eigenvalue weighted by atomic mass is 10.2. The molecule has 0 unspecified atom stereocenters. The zero-order valence-electron chi connectivity index (χ0n) is 16.6. The summed E-state index contributed by atoms with van der Waals surface area (Å²) in [5.74, 6) is 1.14. The third-order valence-corrected chi connectivity index (χ3v) is 4.70. The molecule has 1 amide bonds. The van der Waals surface area contributed by atoms with E-state index in [-0.39, 0.29) is 35.8 Å². The van der Waals surface area contributed by atoms with Crippen molar-refractivity contribution in [3.8, 4) is 5.75 Å². The summed E-state index contributed by atoms with van der Waals surface area (Å²) in [6, 6.07) is 17.7. The zero-order chi connectivity index (χ0) is 19.8. The van der Waals surface area contributed by atoms with E-state index in [4.69, 9.17) is 10.5 Å². The molecule has 8 heteroatoms. The van der Waals surface area contributed by atoms with Gasteiger partial charge >= 0.3 is 0 Å². The van der Waals surface area contributed by atoms with Crippen molar-refractivity contribution >= 4 is 47.2 Å². The van der Waals surface area contributed by atoms with Crippen LogP contribution in [0, 0.1) is 0 Å². The molecule has 0 saturated carbocycles. The Kier molecular flexibility index (Phi) is 9.04. The number of nitrogens with one attached hydrogen (secondary N) is 1. The maximum Gasteiger partial charge on any atom is 0.224 e. The van der Waals surface area contributed by atoms with E-state index in [1.165, 1.54) is 5.69 Å². The summed E-state index contributed by atoms with van der Waals surface area (Å²) >= 11 is 0. The minimum absolute atomic E-state index is 0. The van der Waals surface area contributed by atoms with Crippen molar-refractivity contribution in [2.24, 2.45) is 10.7 Å². The summed E-state index contributed by atoms with van der Waals surface area (Å²) in [6.45, 7) is 3.52. The van der Waals surface area contributed by atoms with Gasteiger partial charge in [0.15, 0.2) is 5.96 Å². The van der Waals surface area contributed by atoms with E-state index in [0.29, 0.717) is 13.0 Å². The number of carbonyl (C=O) groups excluding carboxylic acids is 1. The van der Waals surface area contributed by atoms with Gasteiger partial charge in [0.2, 0.25) is 5.91 Å². The van der Waals surface area contributed by atoms with Crippen LogP contribution < -0.4 is 20.7 Å². The number of rotatable bonds is 6. The molecule has 0 atom stereocenters. The first-order valence-corrected chi connectivity index (χ1v) is 9.44.